The third kappa shape index (κ3) is 3.70. The van der Waals surface area contributed by atoms with E-state index in [0.29, 0.717) is 0 Å². The van der Waals surface area contributed by atoms with E-state index in [0.717, 1.165) is 28.6 Å². The Morgan fingerprint density at radius 2 is 2.08 bits per heavy atom. The van der Waals surface area contributed by atoms with Gasteiger partial charge in [-0.2, -0.15) is 4.31 Å². The highest BCUT2D eigenvalue weighted by Crippen LogP contribution is 2.29. The summed E-state index contributed by atoms with van der Waals surface area (Å²) in [6.07, 6.45) is 8.86. The number of carbonyl (C=O) groups excluding carboxylic acids is 1. The normalized spacial score (nSPS) is 20.6. The molecule has 2 atom stereocenters. The second kappa shape index (κ2) is 7.46. The summed E-state index contributed by atoms with van der Waals surface area (Å²) in [7, 11) is -2.94. The standard InChI is InChI=1S/C16H16N2O6S/c1-3-5-12-6-4-7-15(16(19)24-2)17(12)25(22,23)14-10-8-13(9-11-14)18(20)21/h1,4,6,8-12,15H,5,7H2,2H3/t12-,15-/m0/s1. The molecule has 0 unspecified atom stereocenters. The van der Waals surface area contributed by atoms with Crippen molar-refractivity contribution >= 4 is 21.7 Å². The molecule has 1 aliphatic rings. The number of esters is 1. The minimum Gasteiger partial charge on any atom is -0.468 e. The maximum Gasteiger partial charge on any atom is 0.324 e. The fourth-order valence-corrected chi connectivity index (χ4v) is 4.34. The number of sulfonamides is 1. The van der Waals surface area contributed by atoms with Crippen LogP contribution in [-0.4, -0.2) is 42.8 Å². The van der Waals surface area contributed by atoms with Gasteiger partial charge in [0.15, 0.2) is 0 Å². The van der Waals surface area contributed by atoms with Gasteiger partial charge in [-0.1, -0.05) is 12.2 Å². The smallest absolute Gasteiger partial charge is 0.324 e. The summed E-state index contributed by atoms with van der Waals surface area (Å²) in [5, 5.41) is 10.7. The fraction of sp³-hybridized carbons (Fsp3) is 0.312. The van der Waals surface area contributed by atoms with Crippen LogP contribution in [0.1, 0.15) is 12.8 Å². The maximum absolute atomic E-state index is 13.0. The number of nitro benzene ring substituents is 1. The Labute approximate surface area is 145 Å². The molecule has 0 aliphatic carbocycles. The number of hydrogen-bond acceptors (Lipinski definition) is 6. The first-order valence-electron chi connectivity index (χ1n) is 7.29. The monoisotopic (exact) mass is 364 g/mol. The molecule has 2 rings (SSSR count). The van der Waals surface area contributed by atoms with E-state index in [-0.39, 0.29) is 23.4 Å². The van der Waals surface area contributed by atoms with Crippen LogP contribution in [-0.2, 0) is 19.6 Å². The molecular weight excluding hydrogens is 348 g/mol. The number of benzene rings is 1. The summed E-state index contributed by atoms with van der Waals surface area (Å²) in [5.41, 5.74) is -0.234. The Balaban J connectivity index is 2.50. The van der Waals surface area contributed by atoms with E-state index in [9.17, 15) is 23.3 Å². The van der Waals surface area contributed by atoms with E-state index in [1.807, 2.05) is 0 Å². The van der Waals surface area contributed by atoms with Crippen molar-refractivity contribution in [2.45, 2.75) is 29.8 Å². The number of nitrogens with zero attached hydrogens (tertiary/aromatic N) is 2. The molecule has 0 saturated carbocycles. The van der Waals surface area contributed by atoms with Gasteiger partial charge in [-0.3, -0.25) is 14.9 Å². The lowest BCUT2D eigenvalue weighted by atomic mass is 10.0. The molecule has 25 heavy (non-hydrogen) atoms. The lowest BCUT2D eigenvalue weighted by Crippen LogP contribution is -2.51. The van der Waals surface area contributed by atoms with Gasteiger partial charge in [0.25, 0.3) is 5.69 Å². The Bertz CT molecular complexity index is 838. The average molecular weight is 364 g/mol. The molecule has 0 fully saturated rings. The third-order valence-corrected chi connectivity index (χ3v) is 5.72. The Morgan fingerprint density at radius 3 is 2.60 bits per heavy atom. The number of nitro groups is 1. The van der Waals surface area contributed by atoms with Crippen LogP contribution >= 0.6 is 0 Å². The third-order valence-electron chi connectivity index (χ3n) is 3.77. The van der Waals surface area contributed by atoms with E-state index >= 15 is 0 Å². The van der Waals surface area contributed by atoms with Gasteiger partial charge >= 0.3 is 5.97 Å². The number of rotatable bonds is 5. The van der Waals surface area contributed by atoms with Gasteiger partial charge in [-0.05, 0) is 18.6 Å². The van der Waals surface area contributed by atoms with Crippen molar-refractivity contribution in [3.05, 3.63) is 46.5 Å². The van der Waals surface area contributed by atoms with Crippen LogP contribution < -0.4 is 0 Å². The average Bonchev–Trinajstić information content (AvgIpc) is 2.61. The van der Waals surface area contributed by atoms with Crippen LogP contribution in [0.15, 0.2) is 41.3 Å². The predicted molar refractivity (Wildman–Crippen MR) is 88.9 cm³/mol. The zero-order valence-corrected chi connectivity index (χ0v) is 14.2. The highest BCUT2D eigenvalue weighted by atomic mass is 32.2. The lowest BCUT2D eigenvalue weighted by molar-refractivity contribution is -0.384. The van der Waals surface area contributed by atoms with E-state index < -0.39 is 33.0 Å². The van der Waals surface area contributed by atoms with Crippen molar-refractivity contribution in [2.75, 3.05) is 7.11 Å². The molecule has 0 amide bonds. The topological polar surface area (TPSA) is 107 Å². The molecule has 0 bridgehead atoms. The van der Waals surface area contributed by atoms with E-state index in [1.165, 1.54) is 7.11 Å². The summed E-state index contributed by atoms with van der Waals surface area (Å²) < 4.78 is 31.8. The van der Waals surface area contributed by atoms with Crippen LogP contribution in [0.4, 0.5) is 5.69 Å². The van der Waals surface area contributed by atoms with Crippen LogP contribution in [0, 0.1) is 22.5 Å². The quantitative estimate of drug-likeness (QED) is 0.257. The first-order chi connectivity index (χ1) is 11.8. The van der Waals surface area contributed by atoms with Crippen molar-refractivity contribution in [3.8, 4) is 12.3 Å². The molecule has 1 heterocycles. The van der Waals surface area contributed by atoms with Gasteiger partial charge in [-0.25, -0.2) is 8.42 Å². The van der Waals surface area contributed by atoms with Crippen molar-refractivity contribution in [2.24, 2.45) is 0 Å². The molecule has 0 radical (unpaired) electrons. The molecular formula is C16H16N2O6S. The molecule has 0 spiro atoms. The SMILES string of the molecule is C#CC[C@H]1C=CC[C@@H](C(=O)OC)N1S(=O)(=O)c1ccc([N+](=O)[O-])cc1. The first kappa shape index (κ1) is 18.6. The van der Waals surface area contributed by atoms with Crippen LogP contribution in [0.2, 0.25) is 0 Å². The molecule has 8 nitrogen and oxygen atoms in total. The second-order valence-electron chi connectivity index (χ2n) is 5.26. The lowest BCUT2D eigenvalue weighted by Gasteiger charge is -2.35. The molecule has 1 aromatic rings. The zero-order valence-electron chi connectivity index (χ0n) is 13.4. The number of terminal acetylenes is 1. The fourth-order valence-electron chi connectivity index (χ4n) is 2.61. The summed E-state index contributed by atoms with van der Waals surface area (Å²) in [6, 6.07) is 2.70. The number of carbonyl (C=O) groups is 1. The van der Waals surface area contributed by atoms with Crippen LogP contribution in [0.5, 0.6) is 0 Å². The molecule has 0 aromatic heterocycles. The molecule has 0 N–H and O–H groups in total. The Morgan fingerprint density at radius 1 is 1.44 bits per heavy atom. The summed E-state index contributed by atoms with van der Waals surface area (Å²) in [6.45, 7) is 0. The Kier molecular flexibility index (Phi) is 5.56. The van der Waals surface area contributed by atoms with Crippen molar-refractivity contribution in [1.29, 1.82) is 0 Å². The largest absolute Gasteiger partial charge is 0.468 e. The van der Waals surface area contributed by atoms with Crippen LogP contribution in [0.3, 0.4) is 0 Å². The highest BCUT2D eigenvalue weighted by Gasteiger charge is 2.41. The predicted octanol–water partition coefficient (Wildman–Crippen LogP) is 1.48. The summed E-state index contributed by atoms with van der Waals surface area (Å²) in [5.74, 6) is 1.70. The minimum atomic E-state index is -4.12. The van der Waals surface area contributed by atoms with Gasteiger partial charge in [0, 0.05) is 18.6 Å². The molecule has 0 saturated heterocycles. The van der Waals surface area contributed by atoms with Gasteiger partial charge in [0.1, 0.15) is 6.04 Å². The van der Waals surface area contributed by atoms with Gasteiger partial charge in [-0.15, -0.1) is 12.3 Å². The van der Waals surface area contributed by atoms with E-state index in [4.69, 9.17) is 11.2 Å². The maximum atomic E-state index is 13.0. The van der Waals surface area contributed by atoms with E-state index in [1.54, 1.807) is 12.2 Å². The molecule has 9 heteroatoms. The van der Waals surface area contributed by atoms with Crippen molar-refractivity contribution in [3.63, 3.8) is 0 Å². The summed E-state index contributed by atoms with van der Waals surface area (Å²) >= 11 is 0. The van der Waals surface area contributed by atoms with Gasteiger partial charge < -0.3 is 4.74 Å². The minimum absolute atomic E-state index is 0.0796. The zero-order chi connectivity index (χ0) is 18.6. The number of methoxy groups -OCH3 is 1. The van der Waals surface area contributed by atoms with Crippen molar-refractivity contribution < 1.29 is 22.9 Å². The molecule has 1 aromatic carbocycles. The second-order valence-corrected chi connectivity index (χ2v) is 7.11. The molecule has 132 valence electrons. The number of ether oxygens (including phenoxy) is 1. The summed E-state index contributed by atoms with van der Waals surface area (Å²) in [4.78, 5) is 22.0. The highest BCUT2D eigenvalue weighted by molar-refractivity contribution is 7.89. The Hall–Kier alpha value is -2.70. The molecule has 1 aliphatic heterocycles. The van der Waals surface area contributed by atoms with Crippen LogP contribution in [0.25, 0.3) is 0 Å². The van der Waals surface area contributed by atoms with Crippen molar-refractivity contribution in [1.82, 2.24) is 4.31 Å². The van der Waals surface area contributed by atoms with E-state index in [2.05, 4.69) is 5.92 Å². The van der Waals surface area contributed by atoms with Gasteiger partial charge in [0.2, 0.25) is 10.0 Å². The first-order valence-corrected chi connectivity index (χ1v) is 8.73. The van der Waals surface area contributed by atoms with Gasteiger partial charge in [0.05, 0.1) is 23.0 Å². The number of hydrogen-bond donors (Lipinski definition) is 0. The number of non-ortho nitro benzene ring substituents is 1.